The van der Waals surface area contributed by atoms with Crippen LogP contribution in [0, 0.1) is 0 Å². The van der Waals surface area contributed by atoms with Gasteiger partial charge >= 0.3 is 12.0 Å². The van der Waals surface area contributed by atoms with Gasteiger partial charge in [0.25, 0.3) is 0 Å². The van der Waals surface area contributed by atoms with Crippen LogP contribution < -0.4 is 5.32 Å². The van der Waals surface area contributed by atoms with Crippen molar-refractivity contribution >= 4 is 27.9 Å². The van der Waals surface area contributed by atoms with E-state index in [4.69, 9.17) is 5.11 Å². The summed E-state index contributed by atoms with van der Waals surface area (Å²) in [4.78, 5) is 23.6. The van der Waals surface area contributed by atoms with Gasteiger partial charge in [-0.25, -0.2) is 4.79 Å². The van der Waals surface area contributed by atoms with Crippen LogP contribution in [0.3, 0.4) is 0 Å². The van der Waals surface area contributed by atoms with Crippen LogP contribution in [0.2, 0.25) is 0 Å². The molecule has 2 amide bonds. The minimum absolute atomic E-state index is 0.0662. The van der Waals surface area contributed by atoms with Gasteiger partial charge in [-0.05, 0) is 24.1 Å². The molecule has 0 saturated heterocycles. The van der Waals surface area contributed by atoms with E-state index >= 15 is 0 Å². The largest absolute Gasteiger partial charge is 0.481 e. The van der Waals surface area contributed by atoms with Crippen LogP contribution in [0.4, 0.5) is 4.79 Å². The van der Waals surface area contributed by atoms with E-state index in [2.05, 4.69) is 21.2 Å². The maximum absolute atomic E-state index is 11.7. The van der Waals surface area contributed by atoms with Crippen molar-refractivity contribution in [2.45, 2.75) is 19.4 Å². The van der Waals surface area contributed by atoms with Gasteiger partial charge in [-0.3, -0.25) is 4.79 Å². The zero-order valence-electron chi connectivity index (χ0n) is 10.7. The third kappa shape index (κ3) is 6.24. The standard InChI is InChI=1S/C13H17BrN2O3/c1-16(9-10-4-6-11(14)7-5-10)13(19)15-8-2-3-12(17)18/h4-7H,2-3,8-9H2,1H3,(H,15,19)(H,17,18). The molecular formula is C13H17BrN2O3. The Kier molecular flexibility index (Phi) is 6.35. The molecule has 19 heavy (non-hydrogen) atoms. The molecule has 0 bridgehead atoms. The molecule has 1 rings (SSSR count). The summed E-state index contributed by atoms with van der Waals surface area (Å²) in [5.74, 6) is -0.850. The van der Waals surface area contributed by atoms with E-state index in [-0.39, 0.29) is 12.5 Å². The average molecular weight is 329 g/mol. The molecule has 0 aromatic heterocycles. The molecule has 0 spiro atoms. The summed E-state index contributed by atoms with van der Waals surface area (Å²) in [6.07, 6.45) is 0.504. The number of nitrogens with one attached hydrogen (secondary N) is 1. The topological polar surface area (TPSA) is 69.6 Å². The second-order valence-electron chi connectivity index (χ2n) is 4.21. The summed E-state index contributed by atoms with van der Waals surface area (Å²) in [5, 5.41) is 11.2. The van der Waals surface area contributed by atoms with Gasteiger partial charge in [-0.1, -0.05) is 28.1 Å². The molecule has 0 aliphatic rings. The number of carbonyl (C=O) groups excluding carboxylic acids is 1. The van der Waals surface area contributed by atoms with Crippen molar-refractivity contribution in [3.63, 3.8) is 0 Å². The molecule has 0 aliphatic carbocycles. The predicted molar refractivity (Wildman–Crippen MR) is 75.9 cm³/mol. The fraction of sp³-hybridized carbons (Fsp3) is 0.385. The zero-order chi connectivity index (χ0) is 14.3. The summed E-state index contributed by atoms with van der Waals surface area (Å²) in [6.45, 7) is 0.883. The molecule has 5 nitrogen and oxygen atoms in total. The van der Waals surface area contributed by atoms with Crippen molar-refractivity contribution in [3.8, 4) is 0 Å². The molecule has 0 atom stereocenters. The van der Waals surface area contributed by atoms with E-state index < -0.39 is 5.97 Å². The Hall–Kier alpha value is -1.56. The van der Waals surface area contributed by atoms with Gasteiger partial charge in [0.15, 0.2) is 0 Å². The normalized spacial score (nSPS) is 10.0. The Bertz CT molecular complexity index is 434. The number of carboxylic acid groups (broad SMARTS) is 1. The zero-order valence-corrected chi connectivity index (χ0v) is 12.3. The number of urea groups is 1. The summed E-state index contributed by atoms with van der Waals surface area (Å²) in [7, 11) is 1.70. The van der Waals surface area contributed by atoms with E-state index in [9.17, 15) is 9.59 Å². The van der Waals surface area contributed by atoms with Crippen LogP contribution in [0.5, 0.6) is 0 Å². The SMILES string of the molecule is CN(Cc1ccc(Br)cc1)C(=O)NCCCC(=O)O. The Morgan fingerprint density at radius 2 is 1.95 bits per heavy atom. The van der Waals surface area contributed by atoms with E-state index in [1.807, 2.05) is 24.3 Å². The van der Waals surface area contributed by atoms with Gasteiger partial charge in [-0.2, -0.15) is 0 Å². The highest BCUT2D eigenvalue weighted by Crippen LogP contribution is 2.11. The van der Waals surface area contributed by atoms with Crippen LogP contribution in [-0.4, -0.2) is 35.6 Å². The molecular weight excluding hydrogens is 312 g/mol. The minimum Gasteiger partial charge on any atom is -0.481 e. The first-order valence-electron chi connectivity index (χ1n) is 5.94. The molecule has 0 aliphatic heterocycles. The predicted octanol–water partition coefficient (Wildman–Crippen LogP) is 2.46. The summed E-state index contributed by atoms with van der Waals surface area (Å²) in [6, 6.07) is 7.53. The Balaban J connectivity index is 2.32. The first kappa shape index (κ1) is 15.5. The van der Waals surface area contributed by atoms with Crippen molar-refractivity contribution in [1.29, 1.82) is 0 Å². The number of amides is 2. The van der Waals surface area contributed by atoms with Gasteiger partial charge in [-0.15, -0.1) is 0 Å². The average Bonchev–Trinajstić information content (AvgIpc) is 2.36. The number of rotatable bonds is 6. The number of carboxylic acids is 1. The highest BCUT2D eigenvalue weighted by atomic mass is 79.9. The number of benzene rings is 1. The summed E-state index contributed by atoms with van der Waals surface area (Å²) in [5.41, 5.74) is 1.03. The molecule has 1 aromatic carbocycles. The van der Waals surface area contributed by atoms with E-state index in [1.165, 1.54) is 0 Å². The van der Waals surface area contributed by atoms with Crippen LogP contribution in [0.15, 0.2) is 28.7 Å². The molecule has 6 heteroatoms. The Morgan fingerprint density at radius 3 is 2.53 bits per heavy atom. The molecule has 0 radical (unpaired) electrons. The van der Waals surface area contributed by atoms with Crippen molar-refractivity contribution in [2.24, 2.45) is 0 Å². The van der Waals surface area contributed by atoms with E-state index in [1.54, 1.807) is 11.9 Å². The lowest BCUT2D eigenvalue weighted by molar-refractivity contribution is -0.137. The van der Waals surface area contributed by atoms with Gasteiger partial charge in [0.1, 0.15) is 0 Å². The quantitative estimate of drug-likeness (QED) is 0.788. The Morgan fingerprint density at radius 1 is 1.32 bits per heavy atom. The van der Waals surface area contributed by atoms with Crippen LogP contribution in [0.1, 0.15) is 18.4 Å². The van der Waals surface area contributed by atoms with Crippen molar-refractivity contribution in [2.75, 3.05) is 13.6 Å². The smallest absolute Gasteiger partial charge is 0.317 e. The number of halogens is 1. The highest BCUT2D eigenvalue weighted by molar-refractivity contribution is 9.10. The van der Waals surface area contributed by atoms with E-state index in [0.29, 0.717) is 19.5 Å². The number of aliphatic carboxylic acids is 1. The first-order valence-corrected chi connectivity index (χ1v) is 6.73. The molecule has 104 valence electrons. The molecule has 0 fully saturated rings. The van der Waals surface area contributed by atoms with Crippen LogP contribution in [-0.2, 0) is 11.3 Å². The second-order valence-corrected chi connectivity index (χ2v) is 5.13. The molecule has 0 saturated carbocycles. The summed E-state index contributed by atoms with van der Waals surface area (Å²) >= 11 is 3.35. The minimum atomic E-state index is -0.850. The highest BCUT2D eigenvalue weighted by Gasteiger charge is 2.08. The fourth-order valence-corrected chi connectivity index (χ4v) is 1.77. The van der Waals surface area contributed by atoms with Crippen LogP contribution in [0.25, 0.3) is 0 Å². The van der Waals surface area contributed by atoms with Crippen LogP contribution >= 0.6 is 15.9 Å². The lowest BCUT2D eigenvalue weighted by atomic mass is 10.2. The van der Waals surface area contributed by atoms with Crippen molar-refractivity contribution in [1.82, 2.24) is 10.2 Å². The second kappa shape index (κ2) is 7.78. The Labute approximate surface area is 120 Å². The van der Waals surface area contributed by atoms with E-state index in [0.717, 1.165) is 10.0 Å². The molecule has 1 aromatic rings. The van der Waals surface area contributed by atoms with Gasteiger partial charge in [0, 0.05) is 31.0 Å². The number of carbonyl (C=O) groups is 2. The van der Waals surface area contributed by atoms with Gasteiger partial charge in [0.2, 0.25) is 0 Å². The number of nitrogens with zero attached hydrogens (tertiary/aromatic N) is 1. The van der Waals surface area contributed by atoms with Gasteiger partial charge in [0.05, 0.1) is 0 Å². The van der Waals surface area contributed by atoms with Gasteiger partial charge < -0.3 is 15.3 Å². The lowest BCUT2D eigenvalue weighted by Gasteiger charge is -2.18. The fourth-order valence-electron chi connectivity index (χ4n) is 1.51. The van der Waals surface area contributed by atoms with Crippen molar-refractivity contribution in [3.05, 3.63) is 34.3 Å². The molecule has 2 N–H and O–H groups in total. The summed E-state index contributed by atoms with van der Waals surface area (Å²) < 4.78 is 0.997. The monoisotopic (exact) mass is 328 g/mol. The third-order valence-corrected chi connectivity index (χ3v) is 3.05. The molecule has 0 heterocycles. The third-order valence-electron chi connectivity index (χ3n) is 2.52. The number of hydrogen-bond acceptors (Lipinski definition) is 2. The van der Waals surface area contributed by atoms with Crippen molar-refractivity contribution < 1.29 is 14.7 Å². The molecule has 0 unspecified atom stereocenters. The maximum atomic E-state index is 11.7. The lowest BCUT2D eigenvalue weighted by Crippen LogP contribution is -2.37. The maximum Gasteiger partial charge on any atom is 0.317 e. The number of hydrogen-bond donors (Lipinski definition) is 2. The first-order chi connectivity index (χ1) is 8.99.